The summed E-state index contributed by atoms with van der Waals surface area (Å²) in [6.45, 7) is 0.212. The fourth-order valence-electron chi connectivity index (χ4n) is 3.24. The number of benzene rings is 2. The monoisotopic (exact) mass is 480 g/mol. The van der Waals surface area contributed by atoms with E-state index in [2.05, 4.69) is 4.98 Å². The molecule has 0 N–H and O–H groups in total. The van der Waals surface area contributed by atoms with Crippen molar-refractivity contribution in [2.24, 2.45) is 7.05 Å². The zero-order chi connectivity index (χ0) is 24.2. The van der Waals surface area contributed by atoms with Gasteiger partial charge < -0.3 is 14.2 Å². The normalized spacial score (nSPS) is 11.4. The number of halogens is 3. The molecule has 0 saturated carbocycles. The highest BCUT2D eigenvalue weighted by atomic mass is 32.2. The van der Waals surface area contributed by atoms with Gasteiger partial charge in [0.1, 0.15) is 12.4 Å². The van der Waals surface area contributed by atoms with Crippen molar-refractivity contribution in [1.82, 2.24) is 9.55 Å². The maximum Gasteiger partial charge on any atom is 0.433 e. The Bertz CT molecular complexity index is 1180. The number of hydrogen-bond donors (Lipinski definition) is 0. The first-order valence-corrected chi connectivity index (χ1v) is 11.0. The molecule has 0 bridgehead atoms. The van der Waals surface area contributed by atoms with E-state index < -0.39 is 23.0 Å². The lowest BCUT2D eigenvalue weighted by molar-refractivity contribution is -0.142. The largest absolute Gasteiger partial charge is 0.497 e. The first-order valence-electron chi connectivity index (χ1n) is 9.81. The highest BCUT2D eigenvalue weighted by Crippen LogP contribution is 2.33. The number of rotatable bonds is 8. The van der Waals surface area contributed by atoms with Crippen LogP contribution in [-0.2, 0) is 26.3 Å². The fraction of sp³-hybridized carbons (Fsp3) is 0.304. The number of methoxy groups -OCH3 is 2. The third kappa shape index (κ3) is 5.62. The maximum atomic E-state index is 13.7. The van der Waals surface area contributed by atoms with E-state index in [4.69, 9.17) is 14.2 Å². The van der Waals surface area contributed by atoms with Gasteiger partial charge in [-0.25, -0.2) is 4.98 Å². The molecule has 0 spiro atoms. The molecule has 10 heteroatoms. The van der Waals surface area contributed by atoms with Gasteiger partial charge in [0, 0.05) is 13.5 Å². The van der Waals surface area contributed by atoms with Crippen LogP contribution in [0.4, 0.5) is 13.2 Å². The van der Waals surface area contributed by atoms with Gasteiger partial charge in [0.05, 0.1) is 19.8 Å². The van der Waals surface area contributed by atoms with Crippen LogP contribution in [0.25, 0.3) is 0 Å². The van der Waals surface area contributed by atoms with Crippen LogP contribution in [0.15, 0.2) is 52.4 Å². The second-order valence-electron chi connectivity index (χ2n) is 7.09. The lowest BCUT2D eigenvalue weighted by Crippen LogP contribution is -2.29. The molecular formula is C23H23F3N2O4S. The minimum atomic E-state index is -4.76. The molecule has 176 valence electrons. The van der Waals surface area contributed by atoms with Crippen LogP contribution >= 0.6 is 11.8 Å². The van der Waals surface area contributed by atoms with Gasteiger partial charge in [-0.15, -0.1) is 0 Å². The summed E-state index contributed by atoms with van der Waals surface area (Å²) >= 11 is 0.976. The predicted molar refractivity (Wildman–Crippen MR) is 119 cm³/mol. The van der Waals surface area contributed by atoms with Gasteiger partial charge in [0.2, 0.25) is 0 Å². The van der Waals surface area contributed by atoms with Crippen LogP contribution in [0.5, 0.6) is 17.2 Å². The Balaban J connectivity index is 1.93. The van der Waals surface area contributed by atoms with E-state index in [1.807, 2.05) is 12.1 Å². The molecule has 0 saturated heterocycles. The fourth-order valence-corrected chi connectivity index (χ4v) is 3.78. The molecule has 3 rings (SSSR count). The molecule has 0 aliphatic heterocycles. The molecule has 0 aliphatic carbocycles. The highest BCUT2D eigenvalue weighted by Gasteiger charge is 2.37. The summed E-state index contributed by atoms with van der Waals surface area (Å²) in [6, 6.07) is 12.0. The van der Waals surface area contributed by atoms with Crippen molar-refractivity contribution in [1.29, 1.82) is 0 Å². The zero-order valence-corrected chi connectivity index (χ0v) is 19.3. The first-order chi connectivity index (χ1) is 15.7. The van der Waals surface area contributed by atoms with E-state index in [0.717, 1.165) is 21.9 Å². The molecule has 6 nitrogen and oxygen atoms in total. The molecule has 1 heterocycles. The Morgan fingerprint density at radius 1 is 1.00 bits per heavy atom. The third-order valence-electron chi connectivity index (χ3n) is 4.96. The second kappa shape index (κ2) is 10.2. The maximum absolute atomic E-state index is 13.7. The number of alkyl halides is 3. The Hall–Kier alpha value is -3.14. The second-order valence-corrected chi connectivity index (χ2v) is 7.86. The van der Waals surface area contributed by atoms with E-state index >= 15 is 0 Å². The van der Waals surface area contributed by atoms with Crippen LogP contribution in [0.2, 0.25) is 0 Å². The van der Waals surface area contributed by atoms with Crippen LogP contribution in [0.1, 0.15) is 22.4 Å². The molecule has 0 unspecified atom stereocenters. The van der Waals surface area contributed by atoms with Crippen molar-refractivity contribution in [2.45, 2.75) is 24.4 Å². The van der Waals surface area contributed by atoms with Gasteiger partial charge in [-0.05, 0) is 41.6 Å². The molecule has 0 amide bonds. The topological polar surface area (TPSA) is 62.6 Å². The number of hydrogen-bond acceptors (Lipinski definition) is 6. The number of aromatic nitrogens is 2. The highest BCUT2D eigenvalue weighted by molar-refractivity contribution is 7.98. The van der Waals surface area contributed by atoms with Crippen LogP contribution < -0.4 is 19.8 Å². The molecule has 0 radical (unpaired) electrons. The van der Waals surface area contributed by atoms with Crippen molar-refractivity contribution >= 4 is 11.8 Å². The average Bonchev–Trinajstić information content (AvgIpc) is 2.80. The summed E-state index contributed by atoms with van der Waals surface area (Å²) in [5.41, 5.74) is -1.01. The summed E-state index contributed by atoms with van der Waals surface area (Å²) in [6.07, 6.45) is -3.45. The Morgan fingerprint density at radius 3 is 2.24 bits per heavy atom. The predicted octanol–water partition coefficient (Wildman–Crippen LogP) is 4.71. The van der Waals surface area contributed by atoms with E-state index in [1.165, 1.54) is 14.2 Å². The van der Waals surface area contributed by atoms with Gasteiger partial charge in [-0.2, -0.15) is 13.2 Å². The Morgan fingerprint density at radius 2 is 1.67 bits per heavy atom. The number of thioether (sulfide) groups is 1. The molecule has 3 aromatic rings. The SMILES string of the molecule is COc1ccc(COc2cc(Cc3c(C(F)(F)F)nc(SC)n(C)c3=O)ccc2OC)cc1. The van der Waals surface area contributed by atoms with E-state index in [9.17, 15) is 18.0 Å². The molecule has 0 atom stereocenters. The van der Waals surface area contributed by atoms with Crippen LogP contribution in [0, 0.1) is 0 Å². The average molecular weight is 481 g/mol. The van der Waals surface area contributed by atoms with Crippen molar-refractivity contribution in [3.63, 3.8) is 0 Å². The standard InChI is InChI=1S/C23H23F3N2O4S/c1-28-21(29)17(20(23(24,25)26)27-22(28)33-4)11-15-7-10-18(31-3)19(12-15)32-13-14-5-8-16(30-2)9-6-14/h5-10,12H,11,13H2,1-4H3. The summed E-state index contributed by atoms with van der Waals surface area (Å²) in [5, 5.41) is -0.00526. The van der Waals surface area contributed by atoms with Gasteiger partial charge in [0.25, 0.3) is 5.56 Å². The first kappa shape index (κ1) is 24.5. The van der Waals surface area contributed by atoms with Gasteiger partial charge in [-0.1, -0.05) is 30.0 Å². The minimum absolute atomic E-state index is 0.00526. The van der Waals surface area contributed by atoms with Crippen LogP contribution in [-0.4, -0.2) is 30.0 Å². The van der Waals surface area contributed by atoms with E-state index in [1.54, 1.807) is 43.7 Å². The molecule has 0 fully saturated rings. The smallest absolute Gasteiger partial charge is 0.433 e. The molecule has 1 aromatic heterocycles. The Kier molecular flexibility index (Phi) is 7.57. The quantitative estimate of drug-likeness (QED) is 0.344. The summed E-state index contributed by atoms with van der Waals surface area (Å²) < 4.78 is 58.4. The van der Waals surface area contributed by atoms with Gasteiger partial charge in [0.15, 0.2) is 22.3 Å². The van der Waals surface area contributed by atoms with Gasteiger partial charge in [-0.3, -0.25) is 9.36 Å². The molecule has 2 aromatic carbocycles. The van der Waals surface area contributed by atoms with Crippen LogP contribution in [0.3, 0.4) is 0 Å². The molecule has 0 aliphatic rings. The van der Waals surface area contributed by atoms with Crippen molar-refractivity contribution < 1.29 is 27.4 Å². The summed E-state index contributed by atoms with van der Waals surface area (Å²) in [5.74, 6) is 1.48. The molecular weight excluding hydrogens is 457 g/mol. The Labute approximate surface area is 193 Å². The van der Waals surface area contributed by atoms with Crippen molar-refractivity contribution in [3.8, 4) is 17.2 Å². The zero-order valence-electron chi connectivity index (χ0n) is 18.5. The van der Waals surface area contributed by atoms with E-state index in [-0.39, 0.29) is 18.2 Å². The van der Waals surface area contributed by atoms with Crippen molar-refractivity contribution in [3.05, 3.63) is 75.2 Å². The van der Waals surface area contributed by atoms with Gasteiger partial charge >= 0.3 is 6.18 Å². The van der Waals surface area contributed by atoms with Crippen molar-refractivity contribution in [2.75, 3.05) is 20.5 Å². The lowest BCUT2D eigenvalue weighted by Gasteiger charge is -2.16. The number of ether oxygens (including phenoxy) is 3. The summed E-state index contributed by atoms with van der Waals surface area (Å²) in [7, 11) is 4.45. The minimum Gasteiger partial charge on any atom is -0.497 e. The van der Waals surface area contributed by atoms with E-state index in [0.29, 0.717) is 22.8 Å². The summed E-state index contributed by atoms with van der Waals surface area (Å²) in [4.78, 5) is 16.4. The number of nitrogens with zero attached hydrogens (tertiary/aromatic N) is 2. The lowest BCUT2D eigenvalue weighted by atomic mass is 10.0. The molecule has 33 heavy (non-hydrogen) atoms. The third-order valence-corrected chi connectivity index (χ3v) is 5.69.